The van der Waals surface area contributed by atoms with Crippen LogP contribution in [0.2, 0.25) is 0 Å². The van der Waals surface area contributed by atoms with Gasteiger partial charge in [0, 0.05) is 18.2 Å². The quantitative estimate of drug-likeness (QED) is 0.489. The molecule has 3 N–H and O–H groups in total. The summed E-state index contributed by atoms with van der Waals surface area (Å²) in [5.74, 6) is 0.296. The van der Waals surface area contributed by atoms with Gasteiger partial charge in [-0.1, -0.05) is 0 Å². The van der Waals surface area contributed by atoms with Crippen molar-refractivity contribution in [2.75, 3.05) is 22.6 Å². The van der Waals surface area contributed by atoms with Crippen LogP contribution in [0.3, 0.4) is 0 Å². The topological polar surface area (TPSA) is 115 Å². The standard InChI is InChI=1S/C11H15N3O4S/c12-10-6-9(14(15)16)3-4-11(10)13-8-2-1-5-19(17,18)7-8/h3-4,6,8,13H,1-2,5,7,12H2. The number of nitrogens with zero attached hydrogens (tertiary/aromatic N) is 1. The number of sulfone groups is 1. The van der Waals surface area contributed by atoms with Gasteiger partial charge in [0.2, 0.25) is 0 Å². The van der Waals surface area contributed by atoms with E-state index in [1.165, 1.54) is 18.2 Å². The summed E-state index contributed by atoms with van der Waals surface area (Å²) in [6, 6.07) is 3.92. The Morgan fingerprint density at radius 2 is 2.16 bits per heavy atom. The molecule has 7 nitrogen and oxygen atoms in total. The molecule has 1 aromatic carbocycles. The average Bonchev–Trinajstić information content (AvgIpc) is 2.30. The van der Waals surface area contributed by atoms with E-state index in [9.17, 15) is 18.5 Å². The highest BCUT2D eigenvalue weighted by molar-refractivity contribution is 7.91. The number of rotatable bonds is 3. The normalized spacial score (nSPS) is 21.8. The van der Waals surface area contributed by atoms with E-state index in [0.29, 0.717) is 12.1 Å². The summed E-state index contributed by atoms with van der Waals surface area (Å²) in [6.45, 7) is 0. The Hall–Kier alpha value is -1.83. The SMILES string of the molecule is Nc1cc([N+](=O)[O-])ccc1NC1CCCS(=O)(=O)C1. The van der Waals surface area contributed by atoms with Crippen molar-refractivity contribution in [1.29, 1.82) is 0 Å². The van der Waals surface area contributed by atoms with Gasteiger partial charge in [-0.2, -0.15) is 0 Å². The predicted molar refractivity (Wildman–Crippen MR) is 72.8 cm³/mol. The van der Waals surface area contributed by atoms with Crippen molar-refractivity contribution in [3.05, 3.63) is 28.3 Å². The molecule has 0 aromatic heterocycles. The molecule has 8 heteroatoms. The molecule has 1 aromatic rings. The first-order valence-electron chi connectivity index (χ1n) is 5.88. The fraction of sp³-hybridized carbons (Fsp3) is 0.455. The van der Waals surface area contributed by atoms with Gasteiger partial charge in [-0.25, -0.2) is 8.42 Å². The molecule has 1 aliphatic heterocycles. The Bertz CT molecular complexity index is 600. The van der Waals surface area contributed by atoms with E-state index in [0.717, 1.165) is 6.42 Å². The van der Waals surface area contributed by atoms with Crippen LogP contribution in [0.15, 0.2) is 18.2 Å². The number of hydrogen-bond acceptors (Lipinski definition) is 6. The first-order valence-corrected chi connectivity index (χ1v) is 7.70. The van der Waals surface area contributed by atoms with E-state index in [-0.39, 0.29) is 28.9 Å². The molecule has 1 saturated heterocycles. The zero-order chi connectivity index (χ0) is 14.0. The van der Waals surface area contributed by atoms with Crippen LogP contribution in [0.4, 0.5) is 17.1 Å². The summed E-state index contributed by atoms with van der Waals surface area (Å²) in [7, 11) is -3.00. The lowest BCUT2D eigenvalue weighted by molar-refractivity contribution is -0.384. The molecule has 0 radical (unpaired) electrons. The minimum absolute atomic E-state index is 0.0728. The second-order valence-electron chi connectivity index (χ2n) is 4.63. The van der Waals surface area contributed by atoms with E-state index in [2.05, 4.69) is 5.32 Å². The number of hydrogen-bond donors (Lipinski definition) is 2. The minimum Gasteiger partial charge on any atom is -0.397 e. The molecule has 0 bridgehead atoms. The highest BCUT2D eigenvalue weighted by Gasteiger charge is 2.25. The first-order chi connectivity index (χ1) is 8.87. The molecule has 2 rings (SSSR count). The molecule has 1 heterocycles. The molecule has 104 valence electrons. The molecule has 0 aliphatic carbocycles. The summed E-state index contributed by atoms with van der Waals surface area (Å²) < 4.78 is 23.0. The number of anilines is 2. The van der Waals surface area contributed by atoms with Crippen LogP contribution in [-0.2, 0) is 9.84 Å². The maximum absolute atomic E-state index is 11.5. The fourth-order valence-corrected chi connectivity index (χ4v) is 3.79. The summed E-state index contributed by atoms with van der Waals surface area (Å²) in [5.41, 5.74) is 6.43. The number of benzene rings is 1. The van der Waals surface area contributed by atoms with Gasteiger partial charge >= 0.3 is 0 Å². The maximum Gasteiger partial charge on any atom is 0.271 e. The number of nitrogen functional groups attached to an aromatic ring is 1. The third kappa shape index (κ3) is 3.34. The van der Waals surface area contributed by atoms with E-state index in [4.69, 9.17) is 5.73 Å². The molecule has 1 fully saturated rings. The minimum atomic E-state index is -3.00. The van der Waals surface area contributed by atoms with Gasteiger partial charge in [0.15, 0.2) is 9.84 Å². The van der Waals surface area contributed by atoms with Gasteiger partial charge in [-0.15, -0.1) is 0 Å². The lowest BCUT2D eigenvalue weighted by atomic mass is 10.1. The Labute approximate surface area is 110 Å². The molecule has 1 aliphatic rings. The third-order valence-electron chi connectivity index (χ3n) is 3.07. The van der Waals surface area contributed by atoms with Crippen LogP contribution in [0.5, 0.6) is 0 Å². The largest absolute Gasteiger partial charge is 0.397 e. The number of non-ortho nitro benzene ring substituents is 1. The van der Waals surface area contributed by atoms with Crippen LogP contribution >= 0.6 is 0 Å². The Balaban J connectivity index is 2.13. The van der Waals surface area contributed by atoms with E-state index in [1.54, 1.807) is 0 Å². The molecule has 0 saturated carbocycles. The zero-order valence-corrected chi connectivity index (χ0v) is 11.0. The van der Waals surface area contributed by atoms with Gasteiger partial charge in [-0.3, -0.25) is 10.1 Å². The third-order valence-corrected chi connectivity index (χ3v) is 4.89. The molecular formula is C11H15N3O4S. The Morgan fingerprint density at radius 3 is 2.74 bits per heavy atom. The zero-order valence-electron chi connectivity index (χ0n) is 10.2. The molecule has 0 spiro atoms. The van der Waals surface area contributed by atoms with Gasteiger partial charge in [0.25, 0.3) is 5.69 Å². The Kier molecular flexibility index (Phi) is 3.61. The van der Waals surface area contributed by atoms with Gasteiger partial charge in [-0.05, 0) is 18.9 Å². The van der Waals surface area contributed by atoms with E-state index in [1.807, 2.05) is 0 Å². The first kappa shape index (κ1) is 13.6. The van der Waals surface area contributed by atoms with Crippen molar-refractivity contribution in [1.82, 2.24) is 0 Å². The lowest BCUT2D eigenvalue weighted by Crippen LogP contribution is -2.35. The molecule has 19 heavy (non-hydrogen) atoms. The Morgan fingerprint density at radius 1 is 1.42 bits per heavy atom. The van der Waals surface area contributed by atoms with Crippen LogP contribution in [0.25, 0.3) is 0 Å². The van der Waals surface area contributed by atoms with Crippen LogP contribution < -0.4 is 11.1 Å². The molecule has 1 unspecified atom stereocenters. The van der Waals surface area contributed by atoms with Crippen molar-refractivity contribution in [3.63, 3.8) is 0 Å². The van der Waals surface area contributed by atoms with Crippen molar-refractivity contribution >= 4 is 26.9 Å². The monoisotopic (exact) mass is 285 g/mol. The predicted octanol–water partition coefficient (Wildman–Crippen LogP) is 1.17. The summed E-state index contributed by atoms with van der Waals surface area (Å²) in [5, 5.41) is 13.6. The van der Waals surface area contributed by atoms with Crippen molar-refractivity contribution in [2.45, 2.75) is 18.9 Å². The number of nitrogens with two attached hydrogens (primary N) is 1. The van der Waals surface area contributed by atoms with Crippen LogP contribution in [0, 0.1) is 10.1 Å². The molecular weight excluding hydrogens is 270 g/mol. The second-order valence-corrected chi connectivity index (χ2v) is 6.86. The number of nitro benzene ring substituents is 1. The average molecular weight is 285 g/mol. The highest BCUT2D eigenvalue weighted by Crippen LogP contribution is 2.26. The van der Waals surface area contributed by atoms with Crippen molar-refractivity contribution in [2.24, 2.45) is 0 Å². The summed E-state index contributed by atoms with van der Waals surface area (Å²) in [6.07, 6.45) is 1.36. The van der Waals surface area contributed by atoms with Gasteiger partial charge in [0.1, 0.15) is 0 Å². The molecule has 0 amide bonds. The van der Waals surface area contributed by atoms with Crippen molar-refractivity contribution < 1.29 is 13.3 Å². The van der Waals surface area contributed by atoms with Crippen molar-refractivity contribution in [3.8, 4) is 0 Å². The fourth-order valence-electron chi connectivity index (χ4n) is 2.15. The number of nitro groups is 1. The second kappa shape index (κ2) is 5.04. The van der Waals surface area contributed by atoms with Gasteiger partial charge in [0.05, 0.1) is 27.8 Å². The molecule has 1 atom stereocenters. The van der Waals surface area contributed by atoms with Crippen LogP contribution in [0.1, 0.15) is 12.8 Å². The van der Waals surface area contributed by atoms with Crippen LogP contribution in [-0.4, -0.2) is 30.9 Å². The van der Waals surface area contributed by atoms with Gasteiger partial charge < -0.3 is 11.1 Å². The highest BCUT2D eigenvalue weighted by atomic mass is 32.2. The van der Waals surface area contributed by atoms with E-state index < -0.39 is 14.8 Å². The van der Waals surface area contributed by atoms with E-state index >= 15 is 0 Å². The maximum atomic E-state index is 11.5. The number of nitrogens with one attached hydrogen (secondary N) is 1. The summed E-state index contributed by atoms with van der Waals surface area (Å²) >= 11 is 0. The lowest BCUT2D eigenvalue weighted by Gasteiger charge is -2.24. The summed E-state index contributed by atoms with van der Waals surface area (Å²) in [4.78, 5) is 10.1. The smallest absolute Gasteiger partial charge is 0.271 e.